The summed E-state index contributed by atoms with van der Waals surface area (Å²) in [6.07, 6.45) is 2.04. The maximum absolute atomic E-state index is 10.9. The van der Waals surface area contributed by atoms with Gasteiger partial charge in [-0.05, 0) is 48.1 Å². The molecule has 0 atom stereocenters. The fraction of sp³-hybridized carbons (Fsp3) is 0.250. The Morgan fingerprint density at radius 3 is 2.24 bits per heavy atom. The minimum absolute atomic E-state index is 0.139. The molecule has 0 spiro atoms. The van der Waals surface area contributed by atoms with Gasteiger partial charge in [-0.1, -0.05) is 34.8 Å². The number of hydrogen-bond acceptors (Lipinski definition) is 1. The summed E-state index contributed by atoms with van der Waals surface area (Å²) in [5.41, 5.74) is 1.62. The van der Waals surface area contributed by atoms with E-state index in [1.807, 2.05) is 0 Å². The molecule has 2 rings (SSSR count). The van der Waals surface area contributed by atoms with E-state index >= 15 is 0 Å². The van der Waals surface area contributed by atoms with Crippen LogP contribution in [-0.2, 0) is 0 Å². The Hall–Kier alpha value is -0.700. The zero-order valence-electron chi connectivity index (χ0n) is 8.71. The maximum Gasteiger partial charge on any atom is 0.335 e. The molecule has 1 aromatic carbocycles. The van der Waals surface area contributed by atoms with Crippen molar-refractivity contribution < 1.29 is 9.90 Å². The Morgan fingerprint density at radius 2 is 1.76 bits per heavy atom. The average molecular weight is 292 g/mol. The number of rotatable bonds is 3. The molecule has 1 fully saturated rings. The molecule has 0 aromatic heterocycles. The molecule has 0 saturated heterocycles. The fourth-order valence-electron chi connectivity index (χ4n) is 1.74. The van der Waals surface area contributed by atoms with Crippen LogP contribution < -0.4 is 0 Å². The smallest absolute Gasteiger partial charge is 0.335 e. The highest BCUT2D eigenvalue weighted by Gasteiger charge is 2.29. The Kier molecular flexibility index (Phi) is 3.67. The summed E-state index contributed by atoms with van der Waals surface area (Å²) in [5, 5.41) is 9.34. The highest BCUT2D eigenvalue weighted by molar-refractivity contribution is 6.58. The van der Waals surface area contributed by atoms with E-state index in [4.69, 9.17) is 39.9 Å². The Bertz CT molecular complexity index is 500. The lowest BCUT2D eigenvalue weighted by Gasteiger charge is -2.08. The fourth-order valence-corrected chi connectivity index (χ4v) is 2.50. The van der Waals surface area contributed by atoms with Crippen molar-refractivity contribution in [1.29, 1.82) is 0 Å². The molecular weight excluding hydrogens is 282 g/mol. The molecule has 0 aliphatic heterocycles. The molecular formula is C12H9Cl3O2. The van der Waals surface area contributed by atoms with Crippen molar-refractivity contribution in [3.8, 4) is 0 Å². The number of allylic oxidation sites excluding steroid dienone is 1. The van der Waals surface area contributed by atoms with Crippen LogP contribution in [0.5, 0.6) is 0 Å². The third-order valence-corrected chi connectivity index (χ3v) is 3.27. The van der Waals surface area contributed by atoms with Gasteiger partial charge in [0, 0.05) is 5.02 Å². The molecule has 2 nitrogen and oxygen atoms in total. The van der Waals surface area contributed by atoms with Gasteiger partial charge < -0.3 is 5.11 Å². The molecule has 0 unspecified atom stereocenters. The van der Waals surface area contributed by atoms with Crippen molar-refractivity contribution in [2.45, 2.75) is 12.8 Å². The molecule has 1 N–H and O–H groups in total. The third-order valence-electron chi connectivity index (χ3n) is 2.64. The van der Waals surface area contributed by atoms with Gasteiger partial charge in [0.2, 0.25) is 0 Å². The van der Waals surface area contributed by atoms with Gasteiger partial charge in [0.1, 0.15) is 4.49 Å². The summed E-state index contributed by atoms with van der Waals surface area (Å²) in [5.74, 6) is -0.699. The predicted molar refractivity (Wildman–Crippen MR) is 69.8 cm³/mol. The van der Waals surface area contributed by atoms with Gasteiger partial charge in [-0.25, -0.2) is 4.79 Å². The molecule has 0 amide bonds. The topological polar surface area (TPSA) is 37.3 Å². The number of benzene rings is 1. The summed E-state index contributed by atoms with van der Waals surface area (Å²) in [6, 6.07) is 4.64. The first-order valence-corrected chi connectivity index (χ1v) is 6.22. The van der Waals surface area contributed by atoms with Gasteiger partial charge in [-0.2, -0.15) is 0 Å². The van der Waals surface area contributed by atoms with Crippen molar-refractivity contribution in [1.82, 2.24) is 0 Å². The summed E-state index contributed by atoms with van der Waals surface area (Å²) < 4.78 is 0.186. The van der Waals surface area contributed by atoms with Crippen molar-refractivity contribution >= 4 is 46.3 Å². The van der Waals surface area contributed by atoms with Gasteiger partial charge in [-0.15, -0.1) is 0 Å². The molecule has 90 valence electrons. The van der Waals surface area contributed by atoms with E-state index in [1.54, 1.807) is 12.1 Å². The van der Waals surface area contributed by atoms with Crippen LogP contribution >= 0.6 is 34.8 Å². The Balaban J connectivity index is 2.51. The van der Waals surface area contributed by atoms with Crippen molar-refractivity contribution in [3.63, 3.8) is 0 Å². The Labute approximate surface area is 114 Å². The lowest BCUT2D eigenvalue weighted by Crippen LogP contribution is -1.98. The highest BCUT2D eigenvalue weighted by atomic mass is 35.5. The largest absolute Gasteiger partial charge is 0.478 e. The summed E-state index contributed by atoms with van der Waals surface area (Å²) >= 11 is 17.6. The van der Waals surface area contributed by atoms with Gasteiger partial charge >= 0.3 is 5.97 Å². The summed E-state index contributed by atoms with van der Waals surface area (Å²) in [4.78, 5) is 10.9. The van der Waals surface area contributed by atoms with E-state index in [9.17, 15) is 4.79 Å². The second kappa shape index (κ2) is 4.89. The highest BCUT2D eigenvalue weighted by Crippen LogP contribution is 2.45. The van der Waals surface area contributed by atoms with E-state index in [-0.39, 0.29) is 10.1 Å². The van der Waals surface area contributed by atoms with E-state index < -0.39 is 5.97 Å². The van der Waals surface area contributed by atoms with Crippen LogP contribution in [0.1, 0.15) is 28.8 Å². The molecule has 0 heterocycles. The van der Waals surface area contributed by atoms with Crippen LogP contribution in [0.3, 0.4) is 0 Å². The molecule has 1 aliphatic rings. The lowest BCUT2D eigenvalue weighted by atomic mass is 10.0. The standard InChI is InChI=1S/C12H9Cl3O2/c13-9-4-7(3-8(5-9)12(16)17)10(11(14)15)6-1-2-6/h3-6H,1-2H2,(H,16,17). The zero-order valence-corrected chi connectivity index (χ0v) is 11.0. The number of carbonyl (C=O) groups is 1. The first-order valence-electron chi connectivity index (χ1n) is 5.08. The van der Waals surface area contributed by atoms with E-state index in [0.717, 1.165) is 18.4 Å². The van der Waals surface area contributed by atoms with E-state index in [2.05, 4.69) is 0 Å². The third kappa shape index (κ3) is 2.95. The first kappa shape index (κ1) is 12.7. The van der Waals surface area contributed by atoms with Gasteiger partial charge in [0.15, 0.2) is 0 Å². The van der Waals surface area contributed by atoms with E-state index in [0.29, 0.717) is 16.5 Å². The number of hydrogen-bond donors (Lipinski definition) is 1. The van der Waals surface area contributed by atoms with E-state index in [1.165, 1.54) is 6.07 Å². The molecule has 0 radical (unpaired) electrons. The van der Waals surface area contributed by atoms with Crippen LogP contribution in [0.25, 0.3) is 5.57 Å². The first-order chi connectivity index (χ1) is 7.99. The van der Waals surface area contributed by atoms with Crippen molar-refractivity contribution in [2.75, 3.05) is 0 Å². The van der Waals surface area contributed by atoms with Gasteiger partial charge in [-0.3, -0.25) is 0 Å². The quantitative estimate of drug-likeness (QED) is 0.884. The monoisotopic (exact) mass is 290 g/mol. The maximum atomic E-state index is 10.9. The van der Waals surface area contributed by atoms with Crippen molar-refractivity contribution in [2.24, 2.45) is 5.92 Å². The average Bonchev–Trinajstić information content (AvgIpc) is 3.00. The normalized spacial score (nSPS) is 14.5. The minimum atomic E-state index is -1.02. The molecule has 5 heteroatoms. The summed E-state index contributed by atoms with van der Waals surface area (Å²) in [6.45, 7) is 0. The number of aromatic carboxylic acids is 1. The number of carboxylic acids is 1. The number of carboxylic acid groups (broad SMARTS) is 1. The Morgan fingerprint density at radius 1 is 1.18 bits per heavy atom. The predicted octanol–water partition coefficient (Wildman–Crippen LogP) is 4.59. The van der Waals surface area contributed by atoms with Gasteiger partial charge in [0.25, 0.3) is 0 Å². The molecule has 0 bridgehead atoms. The molecule has 1 saturated carbocycles. The molecule has 1 aromatic rings. The zero-order chi connectivity index (χ0) is 12.6. The molecule has 1 aliphatic carbocycles. The van der Waals surface area contributed by atoms with Crippen LogP contribution in [0.15, 0.2) is 22.7 Å². The van der Waals surface area contributed by atoms with Crippen LogP contribution in [-0.4, -0.2) is 11.1 Å². The van der Waals surface area contributed by atoms with Crippen LogP contribution in [0.4, 0.5) is 0 Å². The SMILES string of the molecule is O=C(O)c1cc(Cl)cc(C(=C(Cl)Cl)C2CC2)c1. The van der Waals surface area contributed by atoms with Crippen LogP contribution in [0.2, 0.25) is 5.02 Å². The van der Waals surface area contributed by atoms with Crippen molar-refractivity contribution in [3.05, 3.63) is 38.8 Å². The van der Waals surface area contributed by atoms with Crippen LogP contribution in [0, 0.1) is 5.92 Å². The van der Waals surface area contributed by atoms with Gasteiger partial charge in [0.05, 0.1) is 5.56 Å². The summed E-state index contributed by atoms with van der Waals surface area (Å²) in [7, 11) is 0. The minimum Gasteiger partial charge on any atom is -0.478 e. The lowest BCUT2D eigenvalue weighted by molar-refractivity contribution is 0.0697. The second-order valence-corrected chi connectivity index (χ2v) is 5.37. The number of halogens is 3. The molecule has 17 heavy (non-hydrogen) atoms. The second-order valence-electron chi connectivity index (χ2n) is 3.98.